The maximum atomic E-state index is 12.8. The molecular formula is C18H16F3N3OS. The van der Waals surface area contributed by atoms with Crippen molar-refractivity contribution in [2.24, 2.45) is 0 Å². The van der Waals surface area contributed by atoms with E-state index in [2.05, 4.69) is 15.5 Å². The number of halogens is 3. The van der Waals surface area contributed by atoms with Gasteiger partial charge < -0.3 is 10.4 Å². The van der Waals surface area contributed by atoms with Crippen molar-refractivity contribution >= 4 is 11.3 Å². The molecule has 3 aromatic rings. The fraction of sp³-hybridized carbons (Fsp3) is 0.222. The molecule has 0 bridgehead atoms. The number of aromatic hydroxyl groups is 1. The Bertz CT molecular complexity index is 855. The number of thiophene rings is 1. The first kappa shape index (κ1) is 18.3. The minimum atomic E-state index is -4.51. The molecule has 26 heavy (non-hydrogen) atoms. The van der Waals surface area contributed by atoms with Crippen LogP contribution in [0.3, 0.4) is 0 Å². The van der Waals surface area contributed by atoms with E-state index < -0.39 is 17.5 Å². The summed E-state index contributed by atoms with van der Waals surface area (Å²) in [6, 6.07) is 9.09. The number of rotatable bonds is 5. The van der Waals surface area contributed by atoms with Crippen molar-refractivity contribution in [1.29, 1.82) is 0 Å². The first-order valence-electron chi connectivity index (χ1n) is 7.81. The first-order chi connectivity index (χ1) is 12.3. The van der Waals surface area contributed by atoms with Crippen molar-refractivity contribution in [2.75, 3.05) is 0 Å². The van der Waals surface area contributed by atoms with Gasteiger partial charge >= 0.3 is 6.18 Å². The number of nitrogens with zero attached hydrogens (tertiary/aromatic N) is 2. The Hall–Kier alpha value is -2.45. The Labute approximate surface area is 152 Å². The third-order valence-corrected chi connectivity index (χ3v) is 4.68. The molecule has 136 valence electrons. The lowest BCUT2D eigenvalue weighted by Gasteiger charge is -2.13. The lowest BCUT2D eigenvalue weighted by Crippen LogP contribution is -2.13. The molecule has 1 aromatic carbocycles. The monoisotopic (exact) mass is 379 g/mol. The number of alkyl halides is 3. The van der Waals surface area contributed by atoms with Gasteiger partial charge in [0.15, 0.2) is 0 Å². The molecule has 0 aliphatic heterocycles. The highest BCUT2D eigenvalue weighted by atomic mass is 32.1. The van der Waals surface area contributed by atoms with Crippen LogP contribution in [0.4, 0.5) is 13.2 Å². The number of phenols is 1. The van der Waals surface area contributed by atoms with Gasteiger partial charge in [-0.15, -0.1) is 11.3 Å². The molecule has 0 radical (unpaired) electrons. The Kier molecular flexibility index (Phi) is 5.24. The van der Waals surface area contributed by atoms with Crippen molar-refractivity contribution in [3.05, 3.63) is 63.5 Å². The standard InChI is InChI=1S/C18H16F3N3OS/c1-11-7-12(18(19,20)21)8-16(25)17(11)15-5-4-13(23-24-15)9-22-10-14-3-2-6-26-14/h2-8,22,25H,9-10H2,1H3. The van der Waals surface area contributed by atoms with Crippen LogP contribution in [-0.2, 0) is 19.3 Å². The maximum Gasteiger partial charge on any atom is 0.416 e. The topological polar surface area (TPSA) is 58.0 Å². The highest BCUT2D eigenvalue weighted by molar-refractivity contribution is 7.09. The van der Waals surface area contributed by atoms with E-state index in [0.29, 0.717) is 24.0 Å². The minimum absolute atomic E-state index is 0.253. The van der Waals surface area contributed by atoms with Crippen LogP contribution in [0.1, 0.15) is 21.7 Å². The van der Waals surface area contributed by atoms with Gasteiger partial charge in [-0.05, 0) is 48.2 Å². The third-order valence-electron chi connectivity index (χ3n) is 3.80. The van der Waals surface area contributed by atoms with Crippen LogP contribution in [0.15, 0.2) is 41.8 Å². The van der Waals surface area contributed by atoms with Crippen molar-refractivity contribution in [3.8, 4) is 17.0 Å². The average Bonchev–Trinajstić information content (AvgIpc) is 3.08. The second-order valence-electron chi connectivity index (χ2n) is 5.78. The van der Waals surface area contributed by atoms with Crippen molar-refractivity contribution in [3.63, 3.8) is 0 Å². The molecule has 3 rings (SSSR count). The van der Waals surface area contributed by atoms with Gasteiger partial charge in [-0.3, -0.25) is 0 Å². The summed E-state index contributed by atoms with van der Waals surface area (Å²) in [5.41, 5.74) is 0.683. The van der Waals surface area contributed by atoms with Gasteiger partial charge in [0.25, 0.3) is 0 Å². The molecular weight excluding hydrogens is 363 g/mol. The van der Waals surface area contributed by atoms with Gasteiger partial charge in [0.05, 0.1) is 17.0 Å². The van der Waals surface area contributed by atoms with E-state index >= 15 is 0 Å². The zero-order chi connectivity index (χ0) is 18.7. The molecule has 0 saturated carbocycles. The number of benzene rings is 1. The summed E-state index contributed by atoms with van der Waals surface area (Å²) in [6.07, 6.45) is -4.51. The fourth-order valence-electron chi connectivity index (χ4n) is 2.58. The third kappa shape index (κ3) is 4.20. The first-order valence-corrected chi connectivity index (χ1v) is 8.69. The summed E-state index contributed by atoms with van der Waals surface area (Å²) in [5, 5.41) is 23.4. The summed E-state index contributed by atoms with van der Waals surface area (Å²) in [4.78, 5) is 1.21. The maximum absolute atomic E-state index is 12.8. The van der Waals surface area contributed by atoms with E-state index in [1.807, 2.05) is 17.5 Å². The highest BCUT2D eigenvalue weighted by Crippen LogP contribution is 2.38. The minimum Gasteiger partial charge on any atom is -0.507 e. The lowest BCUT2D eigenvalue weighted by molar-refractivity contribution is -0.137. The molecule has 0 aliphatic carbocycles. The number of hydrogen-bond acceptors (Lipinski definition) is 5. The van der Waals surface area contributed by atoms with Crippen molar-refractivity contribution < 1.29 is 18.3 Å². The van der Waals surface area contributed by atoms with Crippen LogP contribution in [-0.4, -0.2) is 15.3 Å². The normalized spacial score (nSPS) is 11.7. The van der Waals surface area contributed by atoms with E-state index in [4.69, 9.17) is 0 Å². The van der Waals surface area contributed by atoms with E-state index in [0.717, 1.165) is 12.6 Å². The number of phenolic OH excluding ortho intramolecular Hbond substituents is 1. The zero-order valence-electron chi connectivity index (χ0n) is 13.8. The van der Waals surface area contributed by atoms with Gasteiger partial charge in [0.1, 0.15) is 5.75 Å². The SMILES string of the molecule is Cc1cc(C(F)(F)F)cc(O)c1-c1ccc(CNCc2cccs2)nn1. The molecule has 0 atom stereocenters. The quantitative estimate of drug-likeness (QED) is 0.684. The predicted molar refractivity (Wildman–Crippen MR) is 93.7 cm³/mol. The molecule has 2 aromatic heterocycles. The molecule has 0 unspecified atom stereocenters. The summed E-state index contributed by atoms with van der Waals surface area (Å²) in [5.74, 6) is -0.463. The zero-order valence-corrected chi connectivity index (χ0v) is 14.7. The Morgan fingerprint density at radius 2 is 1.92 bits per heavy atom. The second kappa shape index (κ2) is 7.43. The summed E-state index contributed by atoms with van der Waals surface area (Å²) >= 11 is 1.66. The van der Waals surface area contributed by atoms with Crippen molar-refractivity contribution in [2.45, 2.75) is 26.2 Å². The number of aryl methyl sites for hydroxylation is 1. The number of aromatic nitrogens is 2. The van der Waals surface area contributed by atoms with Crippen LogP contribution in [0.25, 0.3) is 11.3 Å². The van der Waals surface area contributed by atoms with Crippen molar-refractivity contribution in [1.82, 2.24) is 15.5 Å². The van der Waals surface area contributed by atoms with Crippen LogP contribution < -0.4 is 5.32 Å². The van der Waals surface area contributed by atoms with Gasteiger partial charge in [0, 0.05) is 23.5 Å². The van der Waals surface area contributed by atoms with Crippen LogP contribution >= 0.6 is 11.3 Å². The van der Waals surface area contributed by atoms with Gasteiger partial charge in [0.2, 0.25) is 0 Å². The number of hydrogen-bond donors (Lipinski definition) is 2. The van der Waals surface area contributed by atoms with E-state index in [1.54, 1.807) is 23.5 Å². The Balaban J connectivity index is 1.74. The van der Waals surface area contributed by atoms with Gasteiger partial charge in [-0.1, -0.05) is 6.07 Å². The van der Waals surface area contributed by atoms with Gasteiger partial charge in [-0.25, -0.2) is 0 Å². The molecule has 4 nitrogen and oxygen atoms in total. The molecule has 0 spiro atoms. The van der Waals surface area contributed by atoms with E-state index in [-0.39, 0.29) is 11.1 Å². The van der Waals surface area contributed by atoms with Crippen LogP contribution in [0.5, 0.6) is 5.75 Å². The fourth-order valence-corrected chi connectivity index (χ4v) is 3.25. The second-order valence-corrected chi connectivity index (χ2v) is 6.81. The molecule has 0 fully saturated rings. The summed E-state index contributed by atoms with van der Waals surface area (Å²) in [7, 11) is 0. The number of nitrogens with one attached hydrogen (secondary N) is 1. The largest absolute Gasteiger partial charge is 0.507 e. The molecule has 0 amide bonds. The smallest absolute Gasteiger partial charge is 0.416 e. The average molecular weight is 379 g/mol. The van der Waals surface area contributed by atoms with Crippen LogP contribution in [0.2, 0.25) is 0 Å². The Morgan fingerprint density at radius 3 is 2.50 bits per heavy atom. The summed E-state index contributed by atoms with van der Waals surface area (Å²) < 4.78 is 38.4. The predicted octanol–water partition coefficient (Wildman–Crippen LogP) is 4.53. The molecule has 2 N–H and O–H groups in total. The van der Waals surface area contributed by atoms with Gasteiger partial charge in [-0.2, -0.15) is 23.4 Å². The molecule has 0 saturated heterocycles. The molecule has 8 heteroatoms. The molecule has 2 heterocycles. The summed E-state index contributed by atoms with van der Waals surface area (Å²) in [6.45, 7) is 2.74. The highest BCUT2D eigenvalue weighted by Gasteiger charge is 2.32. The van der Waals surface area contributed by atoms with Crippen LogP contribution in [0, 0.1) is 6.92 Å². The lowest BCUT2D eigenvalue weighted by atomic mass is 10.0. The molecule has 0 aliphatic rings. The Morgan fingerprint density at radius 1 is 1.12 bits per heavy atom. The van der Waals surface area contributed by atoms with E-state index in [1.165, 1.54) is 11.8 Å². The van der Waals surface area contributed by atoms with E-state index in [9.17, 15) is 18.3 Å².